The fraction of sp³-hybridized carbons (Fsp3) is 0.214. The molecule has 0 unspecified atom stereocenters. The van der Waals surface area contributed by atoms with E-state index in [1.54, 1.807) is 25.1 Å². The number of aryl methyl sites for hydroxylation is 1. The van der Waals surface area contributed by atoms with Crippen molar-refractivity contribution in [3.63, 3.8) is 0 Å². The number of carbonyl (C=O) groups excluding carboxylic acids is 3. The summed E-state index contributed by atoms with van der Waals surface area (Å²) < 4.78 is 5.55. The number of imide groups is 1. The predicted molar refractivity (Wildman–Crippen MR) is 75.0 cm³/mol. The number of furan rings is 1. The van der Waals surface area contributed by atoms with E-state index in [9.17, 15) is 14.4 Å². The Hall–Kier alpha value is -2.34. The van der Waals surface area contributed by atoms with Crippen LogP contribution in [0, 0.1) is 6.92 Å². The summed E-state index contributed by atoms with van der Waals surface area (Å²) in [6, 6.07) is 5.05. The molecule has 6 nitrogen and oxygen atoms in total. The number of amides is 3. The topological polar surface area (TPSA) is 79.6 Å². The van der Waals surface area contributed by atoms with Gasteiger partial charge in [-0.2, -0.15) is 0 Å². The molecule has 1 aliphatic rings. The molecule has 0 radical (unpaired) electrons. The maximum Gasteiger partial charge on any atom is 0.290 e. The zero-order chi connectivity index (χ0) is 15.1. The first-order chi connectivity index (χ1) is 9.95. The minimum Gasteiger partial charge on any atom is -0.451 e. The average Bonchev–Trinajstić information content (AvgIpc) is 2.74. The van der Waals surface area contributed by atoms with Gasteiger partial charge < -0.3 is 9.32 Å². The van der Waals surface area contributed by atoms with Crippen molar-refractivity contribution in [1.29, 1.82) is 0 Å². The Kier molecular flexibility index (Phi) is 3.17. The van der Waals surface area contributed by atoms with Gasteiger partial charge in [0.15, 0.2) is 5.76 Å². The number of hydrogen-bond acceptors (Lipinski definition) is 4. The lowest BCUT2D eigenvalue weighted by Crippen LogP contribution is -2.53. The molecule has 3 rings (SSSR count). The number of hydrogen-bond donors (Lipinski definition) is 1. The van der Waals surface area contributed by atoms with Crippen LogP contribution in [0.1, 0.15) is 16.1 Å². The second-order valence-corrected chi connectivity index (χ2v) is 5.27. The van der Waals surface area contributed by atoms with Crippen LogP contribution in [0.5, 0.6) is 0 Å². The highest BCUT2D eigenvalue weighted by molar-refractivity contribution is 6.31. The molecule has 1 fully saturated rings. The van der Waals surface area contributed by atoms with Crippen molar-refractivity contribution in [3.05, 3.63) is 34.5 Å². The molecule has 1 N–H and O–H groups in total. The van der Waals surface area contributed by atoms with Crippen molar-refractivity contribution >= 4 is 40.3 Å². The van der Waals surface area contributed by atoms with E-state index >= 15 is 0 Å². The number of nitrogens with zero attached hydrogens (tertiary/aromatic N) is 1. The molecule has 1 aromatic heterocycles. The van der Waals surface area contributed by atoms with Crippen molar-refractivity contribution in [2.24, 2.45) is 0 Å². The van der Waals surface area contributed by atoms with E-state index in [0.717, 1.165) is 10.3 Å². The first-order valence-corrected chi connectivity index (χ1v) is 6.64. The standard InChI is InChI=1S/C14H11ClN2O4/c1-7-9-4-8(15)2-3-10(9)21-13(7)14(20)17-5-11(18)16-12(19)6-17/h2-4H,5-6H2,1H3,(H,16,18,19). The highest BCUT2D eigenvalue weighted by Crippen LogP contribution is 2.28. The number of carbonyl (C=O) groups is 3. The zero-order valence-electron chi connectivity index (χ0n) is 11.1. The Morgan fingerprint density at radius 1 is 1.29 bits per heavy atom. The van der Waals surface area contributed by atoms with E-state index < -0.39 is 17.7 Å². The Labute approximate surface area is 124 Å². The molecule has 2 aromatic rings. The second kappa shape index (κ2) is 4.89. The molecule has 0 saturated carbocycles. The van der Waals surface area contributed by atoms with Crippen molar-refractivity contribution in [1.82, 2.24) is 10.2 Å². The third-order valence-corrected chi connectivity index (χ3v) is 3.56. The lowest BCUT2D eigenvalue weighted by atomic mass is 10.1. The van der Waals surface area contributed by atoms with Gasteiger partial charge in [0.25, 0.3) is 5.91 Å². The lowest BCUT2D eigenvalue weighted by Gasteiger charge is -2.24. The van der Waals surface area contributed by atoms with E-state index in [-0.39, 0.29) is 18.8 Å². The summed E-state index contributed by atoms with van der Waals surface area (Å²) in [7, 11) is 0. The monoisotopic (exact) mass is 306 g/mol. The van der Waals surface area contributed by atoms with Gasteiger partial charge in [-0.1, -0.05) is 11.6 Å². The van der Waals surface area contributed by atoms with Gasteiger partial charge >= 0.3 is 0 Å². The number of nitrogens with one attached hydrogen (secondary N) is 1. The maximum absolute atomic E-state index is 12.4. The molecule has 1 aromatic carbocycles. The van der Waals surface area contributed by atoms with Gasteiger partial charge in [-0.05, 0) is 25.1 Å². The highest BCUT2D eigenvalue weighted by Gasteiger charge is 2.30. The summed E-state index contributed by atoms with van der Waals surface area (Å²) >= 11 is 5.93. The Balaban J connectivity index is 2.00. The van der Waals surface area contributed by atoms with Gasteiger partial charge in [-0.3, -0.25) is 19.7 Å². The van der Waals surface area contributed by atoms with Crippen LogP contribution in [0.15, 0.2) is 22.6 Å². The molecule has 1 saturated heterocycles. The molecular weight excluding hydrogens is 296 g/mol. The number of rotatable bonds is 1. The molecule has 0 spiro atoms. The summed E-state index contributed by atoms with van der Waals surface area (Å²) in [6.07, 6.45) is 0. The Morgan fingerprint density at radius 3 is 2.62 bits per heavy atom. The largest absolute Gasteiger partial charge is 0.451 e. The lowest BCUT2D eigenvalue weighted by molar-refractivity contribution is -0.135. The molecule has 0 atom stereocenters. The average molecular weight is 307 g/mol. The van der Waals surface area contributed by atoms with E-state index in [4.69, 9.17) is 16.0 Å². The number of fused-ring (bicyclic) bond motifs is 1. The van der Waals surface area contributed by atoms with Crippen molar-refractivity contribution < 1.29 is 18.8 Å². The van der Waals surface area contributed by atoms with Crippen LogP contribution < -0.4 is 5.32 Å². The van der Waals surface area contributed by atoms with E-state index in [0.29, 0.717) is 16.2 Å². The van der Waals surface area contributed by atoms with E-state index in [1.165, 1.54) is 0 Å². The van der Waals surface area contributed by atoms with E-state index in [1.807, 2.05) is 0 Å². The molecule has 21 heavy (non-hydrogen) atoms. The predicted octanol–water partition coefficient (Wildman–Crippen LogP) is 1.49. The third-order valence-electron chi connectivity index (χ3n) is 3.33. The molecule has 108 valence electrons. The summed E-state index contributed by atoms with van der Waals surface area (Å²) in [5.74, 6) is -1.37. The highest BCUT2D eigenvalue weighted by atomic mass is 35.5. The van der Waals surface area contributed by atoms with Crippen LogP contribution in [0.3, 0.4) is 0 Å². The minimum absolute atomic E-state index is 0.120. The first-order valence-electron chi connectivity index (χ1n) is 6.26. The van der Waals surface area contributed by atoms with Crippen LogP contribution in [-0.2, 0) is 9.59 Å². The summed E-state index contributed by atoms with van der Waals surface area (Å²) in [6.45, 7) is 1.41. The molecule has 0 bridgehead atoms. The van der Waals surface area contributed by atoms with Gasteiger partial charge in [-0.15, -0.1) is 0 Å². The summed E-state index contributed by atoms with van der Waals surface area (Å²) in [5, 5.41) is 3.42. The Morgan fingerprint density at radius 2 is 1.95 bits per heavy atom. The van der Waals surface area contributed by atoms with E-state index in [2.05, 4.69) is 5.32 Å². The quantitative estimate of drug-likeness (QED) is 0.810. The van der Waals surface area contributed by atoms with Gasteiger partial charge in [0, 0.05) is 16.0 Å². The fourth-order valence-corrected chi connectivity index (χ4v) is 2.49. The summed E-state index contributed by atoms with van der Waals surface area (Å²) in [4.78, 5) is 36.3. The van der Waals surface area contributed by atoms with Gasteiger partial charge in [0.2, 0.25) is 11.8 Å². The van der Waals surface area contributed by atoms with Crippen molar-refractivity contribution in [2.75, 3.05) is 13.1 Å². The Bertz CT molecular complexity index is 765. The van der Waals surface area contributed by atoms with Gasteiger partial charge in [0.1, 0.15) is 18.7 Å². The second-order valence-electron chi connectivity index (χ2n) is 4.83. The number of piperazine rings is 1. The molecule has 2 heterocycles. The van der Waals surface area contributed by atoms with Crippen LogP contribution in [0.4, 0.5) is 0 Å². The van der Waals surface area contributed by atoms with Crippen molar-refractivity contribution in [2.45, 2.75) is 6.92 Å². The number of halogens is 1. The number of benzene rings is 1. The SMILES string of the molecule is Cc1c(C(=O)N2CC(=O)NC(=O)C2)oc2ccc(Cl)cc12. The molecule has 7 heteroatoms. The van der Waals surface area contributed by atoms with Gasteiger partial charge in [-0.25, -0.2) is 0 Å². The van der Waals surface area contributed by atoms with Crippen molar-refractivity contribution in [3.8, 4) is 0 Å². The first kappa shape index (κ1) is 13.6. The molecule has 3 amide bonds. The third kappa shape index (κ3) is 2.38. The molecule has 0 aliphatic carbocycles. The molecular formula is C14H11ClN2O4. The minimum atomic E-state index is -0.503. The smallest absolute Gasteiger partial charge is 0.290 e. The van der Waals surface area contributed by atoms with Crippen LogP contribution in [0.2, 0.25) is 5.02 Å². The fourth-order valence-electron chi connectivity index (χ4n) is 2.32. The summed E-state index contributed by atoms with van der Waals surface area (Å²) in [5.41, 5.74) is 1.17. The van der Waals surface area contributed by atoms with Gasteiger partial charge in [0.05, 0.1) is 0 Å². The molecule has 1 aliphatic heterocycles. The van der Waals surface area contributed by atoms with Crippen LogP contribution >= 0.6 is 11.6 Å². The maximum atomic E-state index is 12.4. The normalized spacial score (nSPS) is 15.4. The van der Waals surface area contributed by atoms with Crippen LogP contribution in [0.25, 0.3) is 11.0 Å². The zero-order valence-corrected chi connectivity index (χ0v) is 11.9. The van der Waals surface area contributed by atoms with Crippen LogP contribution in [-0.4, -0.2) is 35.7 Å².